The molecule has 0 atom stereocenters. The Morgan fingerprint density at radius 1 is 1.00 bits per heavy atom. The van der Waals surface area contributed by atoms with Crippen LogP contribution in [-0.4, -0.2) is 30.6 Å². The molecule has 0 unspecified atom stereocenters. The number of methoxy groups -OCH3 is 1. The standard InChI is InChI=1S/C31H30INO4S2/c1-35-27-19-21(20-28-30(34)33(31(38)39-28)24-10-6-3-7-11-24)18-26(32)29(27)37-17-16-36-25-14-12-23(13-15-25)22-8-4-2-5-9-22/h3,6-7,10-15,18-20,22H,2,4-5,8-9,16-17H2,1H3. The molecule has 1 heterocycles. The second kappa shape index (κ2) is 13.2. The fourth-order valence-electron chi connectivity index (χ4n) is 4.96. The topological polar surface area (TPSA) is 48.0 Å². The molecule has 1 aliphatic heterocycles. The number of para-hydroxylation sites is 1. The SMILES string of the molecule is COc1cc(C=C2SC(=S)N(c3ccccc3)C2=O)cc(I)c1OCCOc1ccc(C2CCCCC2)cc1. The average Bonchev–Trinajstić information content (AvgIpc) is 3.24. The van der Waals surface area contributed by atoms with E-state index in [0.717, 1.165) is 20.6 Å². The molecule has 0 radical (unpaired) electrons. The molecule has 39 heavy (non-hydrogen) atoms. The number of amides is 1. The van der Waals surface area contributed by atoms with Crippen molar-refractivity contribution >= 4 is 68.6 Å². The van der Waals surface area contributed by atoms with Crippen LogP contribution in [0.25, 0.3) is 6.08 Å². The number of halogens is 1. The number of anilines is 1. The van der Waals surface area contributed by atoms with E-state index in [1.165, 1.54) is 49.4 Å². The van der Waals surface area contributed by atoms with Crippen molar-refractivity contribution in [3.63, 3.8) is 0 Å². The van der Waals surface area contributed by atoms with Crippen LogP contribution in [0.2, 0.25) is 0 Å². The summed E-state index contributed by atoms with van der Waals surface area (Å²) in [6, 6.07) is 21.8. The van der Waals surface area contributed by atoms with Gasteiger partial charge in [0, 0.05) is 0 Å². The predicted octanol–water partition coefficient (Wildman–Crippen LogP) is 8.21. The van der Waals surface area contributed by atoms with E-state index in [1.54, 1.807) is 12.0 Å². The molecule has 5 rings (SSSR count). The molecular formula is C31H30INO4S2. The molecule has 5 nitrogen and oxygen atoms in total. The summed E-state index contributed by atoms with van der Waals surface area (Å²) in [5.41, 5.74) is 3.02. The lowest BCUT2D eigenvalue weighted by Crippen LogP contribution is -2.27. The Bertz CT molecular complexity index is 1360. The van der Waals surface area contributed by atoms with Crippen LogP contribution in [0.1, 0.15) is 49.1 Å². The number of carbonyl (C=O) groups is 1. The molecule has 8 heteroatoms. The van der Waals surface area contributed by atoms with Crippen LogP contribution in [0.15, 0.2) is 71.6 Å². The van der Waals surface area contributed by atoms with Crippen LogP contribution in [0.3, 0.4) is 0 Å². The zero-order valence-corrected chi connectivity index (χ0v) is 25.5. The number of nitrogens with zero attached hydrogens (tertiary/aromatic N) is 1. The largest absolute Gasteiger partial charge is 0.493 e. The molecule has 202 valence electrons. The molecule has 1 saturated heterocycles. The molecular weight excluding hydrogens is 641 g/mol. The number of rotatable bonds is 9. The van der Waals surface area contributed by atoms with Crippen LogP contribution < -0.4 is 19.1 Å². The lowest BCUT2D eigenvalue weighted by Gasteiger charge is -2.22. The molecule has 0 bridgehead atoms. The first kappa shape index (κ1) is 28.0. The number of ether oxygens (including phenoxy) is 3. The number of hydrogen-bond acceptors (Lipinski definition) is 6. The normalized spacial score (nSPS) is 17.1. The van der Waals surface area contributed by atoms with Gasteiger partial charge in [0.2, 0.25) is 0 Å². The molecule has 0 N–H and O–H groups in total. The van der Waals surface area contributed by atoms with E-state index in [9.17, 15) is 4.79 Å². The monoisotopic (exact) mass is 671 g/mol. The third-order valence-electron chi connectivity index (χ3n) is 6.91. The zero-order chi connectivity index (χ0) is 27.2. The van der Waals surface area contributed by atoms with Gasteiger partial charge in [0.25, 0.3) is 5.91 Å². The summed E-state index contributed by atoms with van der Waals surface area (Å²) in [4.78, 5) is 15.2. The zero-order valence-electron chi connectivity index (χ0n) is 21.7. The van der Waals surface area contributed by atoms with E-state index < -0.39 is 0 Å². The van der Waals surface area contributed by atoms with Crippen molar-refractivity contribution in [2.75, 3.05) is 25.2 Å². The number of thioether (sulfide) groups is 1. The summed E-state index contributed by atoms with van der Waals surface area (Å²) in [5.74, 6) is 2.67. The lowest BCUT2D eigenvalue weighted by molar-refractivity contribution is -0.113. The van der Waals surface area contributed by atoms with E-state index in [1.807, 2.05) is 48.5 Å². The van der Waals surface area contributed by atoms with Crippen molar-refractivity contribution in [3.8, 4) is 17.2 Å². The highest BCUT2D eigenvalue weighted by atomic mass is 127. The minimum absolute atomic E-state index is 0.130. The maximum Gasteiger partial charge on any atom is 0.270 e. The van der Waals surface area contributed by atoms with Crippen molar-refractivity contribution in [1.29, 1.82) is 0 Å². The van der Waals surface area contributed by atoms with Crippen LogP contribution in [0.5, 0.6) is 17.2 Å². The second-order valence-electron chi connectivity index (χ2n) is 9.49. The van der Waals surface area contributed by atoms with Gasteiger partial charge in [-0.15, -0.1) is 0 Å². The van der Waals surface area contributed by atoms with Gasteiger partial charge in [0.05, 0.1) is 21.3 Å². The van der Waals surface area contributed by atoms with Gasteiger partial charge in [-0.2, -0.15) is 0 Å². The van der Waals surface area contributed by atoms with Gasteiger partial charge in [-0.05, 0) is 95.0 Å². The van der Waals surface area contributed by atoms with Crippen LogP contribution >= 0.6 is 46.6 Å². The fraction of sp³-hybridized carbons (Fsp3) is 0.290. The van der Waals surface area contributed by atoms with E-state index in [4.69, 9.17) is 26.4 Å². The van der Waals surface area contributed by atoms with E-state index >= 15 is 0 Å². The Morgan fingerprint density at radius 2 is 1.72 bits per heavy atom. The van der Waals surface area contributed by atoms with Gasteiger partial charge in [-0.1, -0.05) is 73.6 Å². The van der Waals surface area contributed by atoms with E-state index in [-0.39, 0.29) is 5.91 Å². The number of benzene rings is 3. The Balaban J connectivity index is 1.20. The minimum atomic E-state index is -0.130. The third-order valence-corrected chi connectivity index (χ3v) is 9.02. The van der Waals surface area contributed by atoms with Crippen LogP contribution in [0, 0.1) is 3.57 Å². The maximum absolute atomic E-state index is 13.1. The first-order valence-corrected chi connectivity index (χ1v) is 15.4. The predicted molar refractivity (Wildman–Crippen MR) is 171 cm³/mol. The smallest absolute Gasteiger partial charge is 0.270 e. The number of thiocarbonyl (C=S) groups is 1. The molecule has 1 saturated carbocycles. The highest BCUT2D eigenvalue weighted by Crippen LogP contribution is 2.39. The van der Waals surface area contributed by atoms with E-state index in [2.05, 4.69) is 46.9 Å². The molecule has 1 aliphatic carbocycles. The summed E-state index contributed by atoms with van der Waals surface area (Å²) in [5, 5.41) is 0. The molecule has 3 aromatic carbocycles. The Morgan fingerprint density at radius 3 is 2.44 bits per heavy atom. The Labute approximate surface area is 253 Å². The second-order valence-corrected chi connectivity index (χ2v) is 12.3. The fourth-order valence-corrected chi connectivity index (χ4v) is 7.04. The minimum Gasteiger partial charge on any atom is -0.493 e. The molecule has 2 fully saturated rings. The molecule has 2 aliphatic rings. The number of hydrogen-bond donors (Lipinski definition) is 0. The van der Waals surface area contributed by atoms with Gasteiger partial charge in [-0.3, -0.25) is 9.69 Å². The quantitative estimate of drug-likeness (QED) is 0.0990. The van der Waals surface area contributed by atoms with Crippen molar-refractivity contribution in [1.82, 2.24) is 0 Å². The summed E-state index contributed by atoms with van der Waals surface area (Å²) in [6.07, 6.45) is 8.45. The summed E-state index contributed by atoms with van der Waals surface area (Å²) < 4.78 is 19.0. The first-order chi connectivity index (χ1) is 19.0. The van der Waals surface area contributed by atoms with Crippen LogP contribution in [-0.2, 0) is 4.79 Å². The summed E-state index contributed by atoms with van der Waals surface area (Å²) >= 11 is 9.01. The third kappa shape index (κ3) is 6.78. The summed E-state index contributed by atoms with van der Waals surface area (Å²) in [7, 11) is 1.61. The lowest BCUT2D eigenvalue weighted by atomic mass is 9.84. The van der Waals surface area contributed by atoms with Gasteiger partial charge in [0.1, 0.15) is 19.0 Å². The molecule has 0 spiro atoms. The first-order valence-electron chi connectivity index (χ1n) is 13.1. The molecule has 3 aromatic rings. The Hall–Kier alpha value is -2.56. The molecule has 0 aromatic heterocycles. The summed E-state index contributed by atoms with van der Waals surface area (Å²) in [6.45, 7) is 0.803. The van der Waals surface area contributed by atoms with Crippen molar-refractivity contribution in [2.45, 2.75) is 38.0 Å². The van der Waals surface area contributed by atoms with Gasteiger partial charge in [0.15, 0.2) is 15.8 Å². The highest BCUT2D eigenvalue weighted by molar-refractivity contribution is 14.1. The highest BCUT2D eigenvalue weighted by Gasteiger charge is 2.33. The molecule has 1 amide bonds. The van der Waals surface area contributed by atoms with Gasteiger partial charge < -0.3 is 14.2 Å². The van der Waals surface area contributed by atoms with Gasteiger partial charge >= 0.3 is 0 Å². The van der Waals surface area contributed by atoms with Crippen LogP contribution in [0.4, 0.5) is 5.69 Å². The Kier molecular flexibility index (Phi) is 9.47. The van der Waals surface area contributed by atoms with Crippen molar-refractivity contribution in [3.05, 3.63) is 86.3 Å². The van der Waals surface area contributed by atoms with E-state index in [0.29, 0.717) is 39.9 Å². The van der Waals surface area contributed by atoms with Gasteiger partial charge in [-0.25, -0.2) is 0 Å². The van der Waals surface area contributed by atoms with Crippen molar-refractivity contribution in [2.24, 2.45) is 0 Å². The maximum atomic E-state index is 13.1. The van der Waals surface area contributed by atoms with Crippen molar-refractivity contribution < 1.29 is 19.0 Å². The average molecular weight is 672 g/mol. The number of carbonyl (C=O) groups excluding carboxylic acids is 1.